The van der Waals surface area contributed by atoms with E-state index in [9.17, 15) is 0 Å². The summed E-state index contributed by atoms with van der Waals surface area (Å²) in [5, 5.41) is 3.42. The Morgan fingerprint density at radius 2 is 2.11 bits per heavy atom. The van der Waals surface area contributed by atoms with Crippen molar-refractivity contribution in [1.29, 1.82) is 0 Å². The predicted octanol–water partition coefficient (Wildman–Crippen LogP) is 2.39. The number of benzene rings is 1. The van der Waals surface area contributed by atoms with Crippen molar-refractivity contribution in [2.75, 3.05) is 13.7 Å². The molecule has 4 heteroatoms. The fourth-order valence-corrected chi connectivity index (χ4v) is 2.79. The lowest BCUT2D eigenvalue weighted by Crippen LogP contribution is -2.35. The highest BCUT2D eigenvalue weighted by molar-refractivity contribution is 5.38. The first-order valence-corrected chi connectivity index (χ1v) is 6.61. The molecule has 0 saturated heterocycles. The molecule has 0 saturated carbocycles. The maximum atomic E-state index is 5.90. The Balaban J connectivity index is 2.03. The number of aromatic nitrogens is 2. The van der Waals surface area contributed by atoms with Gasteiger partial charge in [-0.1, -0.05) is 18.2 Å². The minimum Gasteiger partial charge on any atom is -0.491 e. The fraction of sp³-hybridized carbons (Fsp3) is 0.400. The number of nitrogens with one attached hydrogen (secondary N) is 1. The van der Waals surface area contributed by atoms with E-state index >= 15 is 0 Å². The van der Waals surface area contributed by atoms with Gasteiger partial charge in [-0.15, -0.1) is 0 Å². The number of para-hydroxylation sites is 1. The summed E-state index contributed by atoms with van der Waals surface area (Å²) in [4.78, 5) is 4.40. The van der Waals surface area contributed by atoms with Crippen molar-refractivity contribution in [2.24, 2.45) is 0 Å². The molecule has 4 nitrogen and oxygen atoms in total. The van der Waals surface area contributed by atoms with Gasteiger partial charge in [0.05, 0.1) is 24.1 Å². The number of fused-ring (bicyclic) bond motifs is 1. The molecule has 0 fully saturated rings. The topological polar surface area (TPSA) is 39.1 Å². The number of nitrogens with zero attached hydrogens (tertiary/aromatic N) is 2. The van der Waals surface area contributed by atoms with E-state index in [0.717, 1.165) is 11.4 Å². The Kier molecular flexibility index (Phi) is 3.03. The number of hydrogen-bond donors (Lipinski definition) is 1. The molecule has 1 N–H and O–H groups in total. The smallest absolute Gasteiger partial charge is 0.124 e. The van der Waals surface area contributed by atoms with Crippen molar-refractivity contribution in [3.8, 4) is 5.75 Å². The van der Waals surface area contributed by atoms with E-state index in [1.54, 1.807) is 0 Å². The van der Waals surface area contributed by atoms with Crippen LogP contribution in [0.25, 0.3) is 0 Å². The second kappa shape index (κ2) is 4.70. The van der Waals surface area contributed by atoms with Crippen molar-refractivity contribution in [1.82, 2.24) is 14.9 Å². The molecule has 0 amide bonds. The zero-order valence-corrected chi connectivity index (χ0v) is 11.6. The maximum absolute atomic E-state index is 5.90. The van der Waals surface area contributed by atoms with Gasteiger partial charge in [0, 0.05) is 11.3 Å². The van der Waals surface area contributed by atoms with Gasteiger partial charge in [-0.05, 0) is 27.0 Å². The lowest BCUT2D eigenvalue weighted by Gasteiger charge is -2.34. The maximum Gasteiger partial charge on any atom is 0.124 e. The number of imidazole rings is 1. The van der Waals surface area contributed by atoms with Crippen molar-refractivity contribution in [3.63, 3.8) is 0 Å². The van der Waals surface area contributed by atoms with Gasteiger partial charge in [0.15, 0.2) is 0 Å². The van der Waals surface area contributed by atoms with Crippen LogP contribution in [0.15, 0.2) is 30.6 Å². The van der Waals surface area contributed by atoms with Gasteiger partial charge < -0.3 is 14.6 Å². The third-order valence-electron chi connectivity index (χ3n) is 4.00. The van der Waals surface area contributed by atoms with Crippen molar-refractivity contribution >= 4 is 0 Å². The van der Waals surface area contributed by atoms with Crippen LogP contribution in [0.4, 0.5) is 0 Å². The summed E-state index contributed by atoms with van der Waals surface area (Å²) in [5.74, 6) is 0.979. The van der Waals surface area contributed by atoms with Gasteiger partial charge in [0.25, 0.3) is 0 Å². The molecule has 0 radical (unpaired) electrons. The van der Waals surface area contributed by atoms with Crippen LogP contribution < -0.4 is 10.1 Å². The Labute approximate surface area is 113 Å². The SMILES string of the molecule is CNC1c2ccccc2OCC1n1cnc(C)c1C. The van der Waals surface area contributed by atoms with E-state index in [2.05, 4.69) is 33.9 Å². The van der Waals surface area contributed by atoms with Crippen molar-refractivity contribution in [3.05, 3.63) is 47.5 Å². The van der Waals surface area contributed by atoms with E-state index in [1.807, 2.05) is 32.4 Å². The van der Waals surface area contributed by atoms with Crippen LogP contribution in [0.1, 0.15) is 29.0 Å². The standard InChI is InChI=1S/C15H19N3O/c1-10-11(2)18(9-17-10)13-8-19-14-7-5-4-6-12(14)15(13)16-3/h4-7,9,13,15-16H,8H2,1-3H3. The summed E-state index contributed by atoms with van der Waals surface area (Å²) in [6.07, 6.45) is 1.91. The van der Waals surface area contributed by atoms with E-state index in [4.69, 9.17) is 4.74 Å². The van der Waals surface area contributed by atoms with Crippen LogP contribution in [0.5, 0.6) is 5.75 Å². The molecular formula is C15H19N3O. The van der Waals surface area contributed by atoms with E-state index in [1.165, 1.54) is 11.3 Å². The predicted molar refractivity (Wildman–Crippen MR) is 74.5 cm³/mol. The molecule has 1 aromatic heterocycles. The van der Waals surface area contributed by atoms with Crippen LogP contribution in [-0.2, 0) is 0 Å². The van der Waals surface area contributed by atoms with Crippen molar-refractivity contribution in [2.45, 2.75) is 25.9 Å². The average molecular weight is 257 g/mol. The Hall–Kier alpha value is -1.81. The zero-order chi connectivity index (χ0) is 13.4. The third kappa shape index (κ3) is 1.92. The summed E-state index contributed by atoms with van der Waals surface area (Å²) < 4.78 is 8.11. The average Bonchev–Trinajstić information content (AvgIpc) is 2.77. The minimum absolute atomic E-state index is 0.237. The second-order valence-electron chi connectivity index (χ2n) is 5.01. The number of rotatable bonds is 2. The quantitative estimate of drug-likeness (QED) is 0.898. The number of likely N-dealkylation sites (N-methyl/N-ethyl adjacent to an activating group) is 1. The largest absolute Gasteiger partial charge is 0.491 e. The first-order valence-electron chi connectivity index (χ1n) is 6.61. The Morgan fingerprint density at radius 1 is 1.32 bits per heavy atom. The molecule has 2 unspecified atom stereocenters. The number of hydrogen-bond acceptors (Lipinski definition) is 3. The summed E-state index contributed by atoms with van der Waals surface area (Å²) in [6.45, 7) is 4.81. The molecule has 1 aliphatic rings. The van der Waals surface area contributed by atoms with Gasteiger partial charge in [-0.2, -0.15) is 0 Å². The third-order valence-corrected chi connectivity index (χ3v) is 4.00. The zero-order valence-electron chi connectivity index (χ0n) is 11.6. The van der Waals surface area contributed by atoms with Crippen LogP contribution >= 0.6 is 0 Å². The molecule has 0 bridgehead atoms. The molecule has 1 aromatic carbocycles. The molecule has 2 atom stereocenters. The molecule has 2 heterocycles. The molecular weight excluding hydrogens is 238 g/mol. The fourth-order valence-electron chi connectivity index (χ4n) is 2.79. The minimum atomic E-state index is 0.237. The second-order valence-corrected chi connectivity index (χ2v) is 5.01. The van der Waals surface area contributed by atoms with E-state index < -0.39 is 0 Å². The van der Waals surface area contributed by atoms with Crippen LogP contribution in [0, 0.1) is 13.8 Å². The first kappa shape index (κ1) is 12.2. The molecule has 0 spiro atoms. The molecule has 2 aromatic rings. The van der Waals surface area contributed by atoms with Gasteiger partial charge in [-0.3, -0.25) is 0 Å². The normalized spacial score (nSPS) is 21.8. The summed E-state index contributed by atoms with van der Waals surface area (Å²) in [6, 6.07) is 8.71. The lowest BCUT2D eigenvalue weighted by molar-refractivity contribution is 0.182. The summed E-state index contributed by atoms with van der Waals surface area (Å²) >= 11 is 0. The molecule has 1 aliphatic heterocycles. The molecule has 19 heavy (non-hydrogen) atoms. The Morgan fingerprint density at radius 3 is 2.79 bits per heavy atom. The number of ether oxygens (including phenoxy) is 1. The van der Waals surface area contributed by atoms with Gasteiger partial charge in [0.1, 0.15) is 12.4 Å². The van der Waals surface area contributed by atoms with Gasteiger partial charge >= 0.3 is 0 Å². The van der Waals surface area contributed by atoms with Gasteiger partial charge in [0.2, 0.25) is 0 Å². The monoisotopic (exact) mass is 257 g/mol. The highest BCUT2D eigenvalue weighted by Gasteiger charge is 2.31. The molecule has 100 valence electrons. The highest BCUT2D eigenvalue weighted by Crippen LogP contribution is 2.38. The number of aryl methyl sites for hydroxylation is 1. The van der Waals surface area contributed by atoms with E-state index in [-0.39, 0.29) is 12.1 Å². The molecule has 3 rings (SSSR count). The van der Waals surface area contributed by atoms with Crippen LogP contribution in [0.3, 0.4) is 0 Å². The summed E-state index contributed by atoms with van der Waals surface area (Å²) in [7, 11) is 2.00. The van der Waals surface area contributed by atoms with Crippen LogP contribution in [-0.4, -0.2) is 23.2 Å². The van der Waals surface area contributed by atoms with Crippen LogP contribution in [0.2, 0.25) is 0 Å². The molecule has 0 aliphatic carbocycles. The van der Waals surface area contributed by atoms with Crippen molar-refractivity contribution < 1.29 is 4.74 Å². The lowest BCUT2D eigenvalue weighted by atomic mass is 9.96. The Bertz CT molecular complexity index is 591. The highest BCUT2D eigenvalue weighted by atomic mass is 16.5. The first-order chi connectivity index (χ1) is 9.22. The van der Waals surface area contributed by atoms with Gasteiger partial charge in [-0.25, -0.2) is 4.98 Å². The summed E-state index contributed by atoms with van der Waals surface area (Å²) in [5.41, 5.74) is 3.49. The van der Waals surface area contributed by atoms with E-state index in [0.29, 0.717) is 6.61 Å².